The zero-order chi connectivity index (χ0) is 28.0. The SMILES string of the molecule is Cc1cc(C)c(N2C=CNC2=C2C=C(C3=CC(=C4NC=CN4c4c(C)cc(C)cc4C)CC=C3)C=CC2)c(C)c1. The van der Waals surface area contributed by atoms with Crippen LogP contribution in [-0.2, 0) is 0 Å². The number of hydrogen-bond acceptors (Lipinski definition) is 4. The molecule has 2 heterocycles. The molecule has 0 saturated carbocycles. The molecule has 2 aromatic rings. The summed E-state index contributed by atoms with van der Waals surface area (Å²) in [6.07, 6.45) is 23.9. The Morgan fingerprint density at radius 2 is 0.925 bits per heavy atom. The molecule has 0 amide bonds. The molecule has 6 rings (SSSR count). The summed E-state index contributed by atoms with van der Waals surface area (Å²) in [5.74, 6) is 2.27. The first-order valence-electron chi connectivity index (χ1n) is 14.1. The van der Waals surface area contributed by atoms with Gasteiger partial charge in [0.05, 0.1) is 11.4 Å². The van der Waals surface area contributed by atoms with Crippen molar-refractivity contribution in [1.29, 1.82) is 0 Å². The summed E-state index contributed by atoms with van der Waals surface area (Å²) < 4.78 is 0. The molecule has 0 fully saturated rings. The number of nitrogens with zero attached hydrogens (tertiary/aromatic N) is 2. The Labute approximate surface area is 238 Å². The monoisotopic (exact) mass is 526 g/mol. The van der Waals surface area contributed by atoms with E-state index >= 15 is 0 Å². The first-order chi connectivity index (χ1) is 19.3. The molecule has 2 aliphatic heterocycles. The van der Waals surface area contributed by atoms with Gasteiger partial charge in [-0.3, -0.25) is 0 Å². The van der Waals surface area contributed by atoms with Crippen molar-refractivity contribution in [3.8, 4) is 0 Å². The summed E-state index contributed by atoms with van der Waals surface area (Å²) in [5, 5.41) is 7.07. The van der Waals surface area contributed by atoms with Crippen LogP contribution >= 0.6 is 0 Å². The van der Waals surface area contributed by atoms with Crippen molar-refractivity contribution >= 4 is 11.4 Å². The van der Waals surface area contributed by atoms with Crippen molar-refractivity contribution in [2.45, 2.75) is 54.4 Å². The van der Waals surface area contributed by atoms with Crippen molar-refractivity contribution in [3.63, 3.8) is 0 Å². The molecule has 0 saturated heterocycles. The van der Waals surface area contributed by atoms with E-state index in [9.17, 15) is 0 Å². The van der Waals surface area contributed by atoms with E-state index < -0.39 is 0 Å². The molecule has 4 aliphatic rings. The first-order valence-corrected chi connectivity index (χ1v) is 14.1. The molecule has 0 atom stereocenters. The Bertz CT molecular complexity index is 1480. The van der Waals surface area contributed by atoms with Gasteiger partial charge in [0.1, 0.15) is 11.6 Å². The van der Waals surface area contributed by atoms with Crippen LogP contribution in [0, 0.1) is 41.5 Å². The maximum absolute atomic E-state index is 3.53. The molecule has 0 radical (unpaired) electrons. The highest BCUT2D eigenvalue weighted by molar-refractivity contribution is 5.70. The third-order valence-electron chi connectivity index (χ3n) is 7.99. The molecule has 0 aromatic heterocycles. The van der Waals surface area contributed by atoms with Gasteiger partial charge in [0, 0.05) is 24.8 Å². The van der Waals surface area contributed by atoms with Crippen molar-refractivity contribution < 1.29 is 0 Å². The maximum atomic E-state index is 3.53. The van der Waals surface area contributed by atoms with E-state index in [0.29, 0.717) is 0 Å². The van der Waals surface area contributed by atoms with E-state index in [4.69, 9.17) is 0 Å². The Kier molecular flexibility index (Phi) is 6.63. The molecule has 2 aliphatic carbocycles. The second-order valence-corrected chi connectivity index (χ2v) is 11.3. The molecule has 0 spiro atoms. The fraction of sp³-hybridized carbons (Fsp3) is 0.222. The van der Waals surface area contributed by atoms with Gasteiger partial charge >= 0.3 is 0 Å². The Morgan fingerprint density at radius 3 is 1.30 bits per heavy atom. The largest absolute Gasteiger partial charge is 0.346 e. The van der Waals surface area contributed by atoms with Crippen molar-refractivity contribution in [2.24, 2.45) is 0 Å². The van der Waals surface area contributed by atoms with Crippen molar-refractivity contribution in [2.75, 3.05) is 9.80 Å². The first kappa shape index (κ1) is 25.8. The minimum atomic E-state index is 0.893. The molecule has 40 heavy (non-hydrogen) atoms. The van der Waals surface area contributed by atoms with Crippen molar-refractivity contribution in [1.82, 2.24) is 10.6 Å². The van der Waals surface area contributed by atoms with E-state index in [2.05, 4.69) is 135 Å². The van der Waals surface area contributed by atoms with Crippen LogP contribution in [0.1, 0.15) is 46.2 Å². The molecule has 2 aromatic carbocycles. The van der Waals surface area contributed by atoms with Crippen LogP contribution in [-0.4, -0.2) is 0 Å². The standard InChI is InChI=1S/C36H38N4/c1-23-17-25(3)33(26(4)18-23)39-15-13-37-35(39)31-11-7-9-29(21-31)30-10-8-12-32(22-30)36-38-14-16-40(36)34-27(5)19-24(2)20-28(34)6/h7-10,13-22,37-38H,11-12H2,1-6H3. The molecular formula is C36H38N4. The third-order valence-corrected chi connectivity index (χ3v) is 7.99. The van der Waals surface area contributed by atoms with Gasteiger partial charge in [-0.2, -0.15) is 0 Å². The maximum Gasteiger partial charge on any atom is 0.118 e. The van der Waals surface area contributed by atoms with E-state index in [-0.39, 0.29) is 0 Å². The van der Waals surface area contributed by atoms with Crippen LogP contribution in [0.5, 0.6) is 0 Å². The summed E-state index contributed by atoms with van der Waals surface area (Å²) in [5.41, 5.74) is 15.3. The van der Waals surface area contributed by atoms with Gasteiger partial charge in [0.15, 0.2) is 0 Å². The topological polar surface area (TPSA) is 30.5 Å². The van der Waals surface area contributed by atoms with Gasteiger partial charge in [0.25, 0.3) is 0 Å². The van der Waals surface area contributed by atoms with Crippen LogP contribution in [0.25, 0.3) is 0 Å². The van der Waals surface area contributed by atoms with Gasteiger partial charge in [-0.05, 0) is 111 Å². The fourth-order valence-electron chi connectivity index (χ4n) is 6.55. The number of nitrogens with one attached hydrogen (secondary N) is 2. The molecule has 2 N–H and O–H groups in total. The second-order valence-electron chi connectivity index (χ2n) is 11.3. The average Bonchev–Trinajstić information content (AvgIpc) is 3.58. The van der Waals surface area contributed by atoms with Gasteiger partial charge in [-0.25, -0.2) is 0 Å². The molecule has 0 unspecified atom stereocenters. The highest BCUT2D eigenvalue weighted by atomic mass is 15.3. The lowest BCUT2D eigenvalue weighted by atomic mass is 9.91. The number of anilines is 2. The van der Waals surface area contributed by atoms with Gasteiger partial charge in [0.2, 0.25) is 0 Å². The zero-order valence-electron chi connectivity index (χ0n) is 24.4. The van der Waals surface area contributed by atoms with Crippen LogP contribution in [0.3, 0.4) is 0 Å². The van der Waals surface area contributed by atoms with Gasteiger partial charge in [-0.15, -0.1) is 0 Å². The van der Waals surface area contributed by atoms with E-state index in [1.807, 2.05) is 12.4 Å². The number of rotatable bonds is 3. The summed E-state index contributed by atoms with van der Waals surface area (Å²) in [7, 11) is 0. The minimum Gasteiger partial charge on any atom is -0.346 e. The van der Waals surface area contributed by atoms with E-state index in [1.165, 1.54) is 67.0 Å². The third kappa shape index (κ3) is 4.64. The molecule has 0 bridgehead atoms. The van der Waals surface area contributed by atoms with Crippen LogP contribution in [0.15, 0.2) is 119 Å². The van der Waals surface area contributed by atoms with E-state index in [1.54, 1.807) is 0 Å². The summed E-state index contributed by atoms with van der Waals surface area (Å²) in [6, 6.07) is 9.06. The lowest BCUT2D eigenvalue weighted by Gasteiger charge is -2.26. The predicted molar refractivity (Wildman–Crippen MR) is 169 cm³/mol. The Hall–Kier alpha value is -4.44. The van der Waals surface area contributed by atoms with E-state index in [0.717, 1.165) is 24.5 Å². The highest BCUT2D eigenvalue weighted by Crippen LogP contribution is 2.37. The predicted octanol–water partition coefficient (Wildman–Crippen LogP) is 8.19. The molecule has 202 valence electrons. The fourth-order valence-corrected chi connectivity index (χ4v) is 6.55. The second kappa shape index (κ2) is 10.3. The number of aryl methyl sites for hydroxylation is 6. The quantitative estimate of drug-likeness (QED) is 0.422. The Morgan fingerprint density at radius 1 is 0.550 bits per heavy atom. The highest BCUT2D eigenvalue weighted by Gasteiger charge is 2.24. The number of allylic oxidation sites excluding steroid dienone is 10. The lowest BCUT2D eigenvalue weighted by molar-refractivity contribution is 0.979. The molecule has 4 heteroatoms. The number of hydrogen-bond donors (Lipinski definition) is 2. The van der Waals surface area contributed by atoms with Crippen LogP contribution < -0.4 is 20.4 Å². The molecular weight excluding hydrogens is 488 g/mol. The normalized spacial score (nSPS) is 21.6. The Balaban J connectivity index is 1.36. The zero-order valence-corrected chi connectivity index (χ0v) is 24.4. The van der Waals surface area contributed by atoms with Crippen LogP contribution in [0.2, 0.25) is 0 Å². The summed E-state index contributed by atoms with van der Waals surface area (Å²) in [6.45, 7) is 13.1. The summed E-state index contributed by atoms with van der Waals surface area (Å²) in [4.78, 5) is 4.62. The summed E-state index contributed by atoms with van der Waals surface area (Å²) >= 11 is 0. The number of benzene rings is 2. The van der Waals surface area contributed by atoms with Gasteiger partial charge in [-0.1, -0.05) is 59.7 Å². The van der Waals surface area contributed by atoms with Crippen LogP contribution in [0.4, 0.5) is 11.4 Å². The van der Waals surface area contributed by atoms with Gasteiger partial charge < -0.3 is 20.4 Å². The molecule has 4 nitrogen and oxygen atoms in total. The lowest BCUT2D eigenvalue weighted by Crippen LogP contribution is -2.22. The smallest absolute Gasteiger partial charge is 0.118 e. The van der Waals surface area contributed by atoms with Crippen molar-refractivity contribution in [3.05, 3.63) is 153 Å². The minimum absolute atomic E-state index is 0.893. The average molecular weight is 527 g/mol.